The number of rotatable bonds is 4. The third kappa shape index (κ3) is 2.84. The Morgan fingerprint density at radius 3 is 2.69 bits per heavy atom. The Bertz CT molecular complexity index is 266. The van der Waals surface area contributed by atoms with Crippen LogP contribution in [0.4, 0.5) is 0 Å². The molecule has 3 heteroatoms. The molecule has 0 radical (unpaired) electrons. The van der Waals surface area contributed by atoms with E-state index in [1.807, 2.05) is 17.1 Å². The van der Waals surface area contributed by atoms with Crippen molar-refractivity contribution in [3.05, 3.63) is 18.0 Å². The molecule has 0 aliphatic heterocycles. The van der Waals surface area contributed by atoms with Crippen LogP contribution >= 0.6 is 0 Å². The summed E-state index contributed by atoms with van der Waals surface area (Å²) in [6.45, 7) is 7.28. The molecule has 1 N–H and O–H groups in total. The maximum absolute atomic E-state index is 9.09. The standard InChI is InChI=1S/C10H18N2O/c1-4-12-7-9(6-11-12)5-10(2,3)8-13/h6-7,13H,4-5,8H2,1-3H3. The van der Waals surface area contributed by atoms with Crippen LogP contribution in [0.3, 0.4) is 0 Å². The van der Waals surface area contributed by atoms with Crippen LogP contribution in [0.1, 0.15) is 26.3 Å². The SMILES string of the molecule is CCn1cc(CC(C)(C)CO)cn1. The zero-order valence-electron chi connectivity index (χ0n) is 8.62. The molecule has 0 bridgehead atoms. The van der Waals surface area contributed by atoms with Gasteiger partial charge in [0.1, 0.15) is 0 Å². The molecule has 1 aromatic rings. The fourth-order valence-electron chi connectivity index (χ4n) is 1.28. The van der Waals surface area contributed by atoms with Crippen molar-refractivity contribution in [3.63, 3.8) is 0 Å². The average Bonchev–Trinajstić information content (AvgIpc) is 2.52. The topological polar surface area (TPSA) is 38.0 Å². The summed E-state index contributed by atoms with van der Waals surface area (Å²) in [5.74, 6) is 0. The second-order valence-corrected chi connectivity index (χ2v) is 4.20. The molecule has 0 aliphatic rings. The molecule has 0 atom stereocenters. The molecule has 0 unspecified atom stereocenters. The van der Waals surface area contributed by atoms with E-state index >= 15 is 0 Å². The fourth-order valence-corrected chi connectivity index (χ4v) is 1.28. The molecule has 74 valence electrons. The van der Waals surface area contributed by atoms with E-state index in [0.29, 0.717) is 0 Å². The van der Waals surface area contributed by atoms with Gasteiger partial charge in [-0.2, -0.15) is 5.10 Å². The van der Waals surface area contributed by atoms with Gasteiger partial charge in [0.2, 0.25) is 0 Å². The van der Waals surface area contributed by atoms with Gasteiger partial charge in [0.05, 0.1) is 6.20 Å². The summed E-state index contributed by atoms with van der Waals surface area (Å²) < 4.78 is 1.91. The lowest BCUT2D eigenvalue weighted by molar-refractivity contribution is 0.159. The maximum Gasteiger partial charge on any atom is 0.0521 e. The first kappa shape index (κ1) is 10.3. The van der Waals surface area contributed by atoms with Crippen LogP contribution in [0.2, 0.25) is 0 Å². The highest BCUT2D eigenvalue weighted by atomic mass is 16.3. The zero-order valence-corrected chi connectivity index (χ0v) is 8.62. The van der Waals surface area contributed by atoms with E-state index in [0.717, 1.165) is 13.0 Å². The molecule has 0 spiro atoms. The van der Waals surface area contributed by atoms with E-state index in [1.165, 1.54) is 5.56 Å². The van der Waals surface area contributed by atoms with Crippen LogP contribution in [0.25, 0.3) is 0 Å². The minimum absolute atomic E-state index is 0.0401. The third-order valence-electron chi connectivity index (χ3n) is 2.12. The second-order valence-electron chi connectivity index (χ2n) is 4.20. The number of hydrogen-bond donors (Lipinski definition) is 1. The highest BCUT2D eigenvalue weighted by Crippen LogP contribution is 2.20. The van der Waals surface area contributed by atoms with E-state index in [-0.39, 0.29) is 12.0 Å². The molecule has 0 aromatic carbocycles. The second kappa shape index (κ2) is 3.92. The Kier molecular flexibility index (Phi) is 3.09. The predicted octanol–water partition coefficient (Wildman–Crippen LogP) is 1.46. The molecule has 0 aliphatic carbocycles. The quantitative estimate of drug-likeness (QED) is 0.765. The highest BCUT2D eigenvalue weighted by Gasteiger charge is 2.17. The largest absolute Gasteiger partial charge is 0.396 e. The molecular weight excluding hydrogens is 164 g/mol. The van der Waals surface area contributed by atoms with Gasteiger partial charge in [-0.25, -0.2) is 0 Å². The molecule has 3 nitrogen and oxygen atoms in total. The van der Waals surface area contributed by atoms with Gasteiger partial charge in [0.25, 0.3) is 0 Å². The van der Waals surface area contributed by atoms with Crippen molar-refractivity contribution >= 4 is 0 Å². The van der Waals surface area contributed by atoms with Crippen molar-refractivity contribution in [3.8, 4) is 0 Å². The molecule has 0 saturated heterocycles. The van der Waals surface area contributed by atoms with Crippen molar-refractivity contribution in [1.29, 1.82) is 0 Å². The fraction of sp³-hybridized carbons (Fsp3) is 0.700. The van der Waals surface area contributed by atoms with Gasteiger partial charge in [0, 0.05) is 19.3 Å². The van der Waals surface area contributed by atoms with Crippen molar-refractivity contribution in [2.75, 3.05) is 6.61 Å². The smallest absolute Gasteiger partial charge is 0.0521 e. The lowest BCUT2D eigenvalue weighted by Gasteiger charge is -2.19. The van der Waals surface area contributed by atoms with Crippen LogP contribution in [-0.2, 0) is 13.0 Å². The molecule has 0 saturated carbocycles. The number of aromatic nitrogens is 2. The van der Waals surface area contributed by atoms with Gasteiger partial charge in [-0.1, -0.05) is 13.8 Å². The molecule has 1 aromatic heterocycles. The summed E-state index contributed by atoms with van der Waals surface area (Å²) in [7, 11) is 0. The van der Waals surface area contributed by atoms with E-state index < -0.39 is 0 Å². The number of aryl methyl sites for hydroxylation is 1. The van der Waals surface area contributed by atoms with Gasteiger partial charge >= 0.3 is 0 Å². The molecular formula is C10H18N2O. The number of aliphatic hydroxyl groups excluding tert-OH is 1. The number of aliphatic hydroxyl groups is 1. The monoisotopic (exact) mass is 182 g/mol. The lowest BCUT2D eigenvalue weighted by atomic mass is 9.88. The van der Waals surface area contributed by atoms with Crippen LogP contribution in [-0.4, -0.2) is 21.5 Å². The summed E-state index contributed by atoms with van der Waals surface area (Å²) in [6.07, 6.45) is 4.79. The first-order valence-corrected chi connectivity index (χ1v) is 4.69. The van der Waals surface area contributed by atoms with E-state index in [2.05, 4.69) is 25.9 Å². The van der Waals surface area contributed by atoms with Crippen molar-refractivity contribution in [2.24, 2.45) is 5.41 Å². The highest BCUT2D eigenvalue weighted by molar-refractivity contribution is 5.06. The first-order chi connectivity index (χ1) is 6.07. The molecule has 1 heterocycles. The maximum atomic E-state index is 9.09. The predicted molar refractivity (Wildman–Crippen MR) is 52.5 cm³/mol. The molecule has 0 fully saturated rings. The Labute approximate surface area is 79.4 Å². The number of hydrogen-bond acceptors (Lipinski definition) is 2. The zero-order chi connectivity index (χ0) is 9.90. The minimum Gasteiger partial charge on any atom is -0.396 e. The Hall–Kier alpha value is -0.830. The van der Waals surface area contributed by atoms with Crippen LogP contribution in [0.5, 0.6) is 0 Å². The summed E-state index contributed by atoms with van der Waals surface area (Å²) in [5.41, 5.74) is 1.16. The Morgan fingerprint density at radius 1 is 1.54 bits per heavy atom. The summed E-state index contributed by atoms with van der Waals surface area (Å²) >= 11 is 0. The molecule has 1 rings (SSSR count). The van der Waals surface area contributed by atoms with Crippen LogP contribution in [0, 0.1) is 5.41 Å². The summed E-state index contributed by atoms with van der Waals surface area (Å²) in [4.78, 5) is 0. The first-order valence-electron chi connectivity index (χ1n) is 4.69. The molecule has 13 heavy (non-hydrogen) atoms. The van der Waals surface area contributed by atoms with Gasteiger partial charge in [-0.3, -0.25) is 4.68 Å². The van der Waals surface area contributed by atoms with Gasteiger partial charge in [-0.05, 0) is 24.3 Å². The summed E-state index contributed by atoms with van der Waals surface area (Å²) in [5, 5.41) is 13.3. The van der Waals surface area contributed by atoms with E-state index in [1.54, 1.807) is 0 Å². The van der Waals surface area contributed by atoms with Gasteiger partial charge < -0.3 is 5.11 Å². The Morgan fingerprint density at radius 2 is 2.23 bits per heavy atom. The Balaban J connectivity index is 2.63. The van der Waals surface area contributed by atoms with Gasteiger partial charge in [-0.15, -0.1) is 0 Å². The lowest BCUT2D eigenvalue weighted by Crippen LogP contribution is -2.19. The molecule has 0 amide bonds. The van der Waals surface area contributed by atoms with Crippen molar-refractivity contribution in [2.45, 2.75) is 33.7 Å². The summed E-state index contributed by atoms with van der Waals surface area (Å²) in [6, 6.07) is 0. The normalized spacial score (nSPS) is 12.0. The van der Waals surface area contributed by atoms with Crippen LogP contribution in [0.15, 0.2) is 12.4 Å². The number of nitrogens with zero attached hydrogens (tertiary/aromatic N) is 2. The van der Waals surface area contributed by atoms with E-state index in [9.17, 15) is 0 Å². The average molecular weight is 182 g/mol. The van der Waals surface area contributed by atoms with Crippen molar-refractivity contribution < 1.29 is 5.11 Å². The third-order valence-corrected chi connectivity index (χ3v) is 2.12. The van der Waals surface area contributed by atoms with Crippen molar-refractivity contribution in [1.82, 2.24) is 9.78 Å². The van der Waals surface area contributed by atoms with Crippen LogP contribution < -0.4 is 0 Å². The minimum atomic E-state index is -0.0401. The van der Waals surface area contributed by atoms with E-state index in [4.69, 9.17) is 5.11 Å². The van der Waals surface area contributed by atoms with Gasteiger partial charge in [0.15, 0.2) is 0 Å².